The largest absolute Gasteiger partial charge is 2.00 e. The molecule has 2 unspecified atom stereocenters. The smallest absolute Gasteiger partial charge is 0.814 e. The van der Waals surface area contributed by atoms with Crippen LogP contribution in [0.3, 0.4) is 0 Å². The molecular formula is C24H34N6Pt2. The Kier molecular flexibility index (Phi) is 30.1. The first-order valence-corrected chi connectivity index (χ1v) is 9.47. The second-order valence-corrected chi connectivity index (χ2v) is 6.00. The SMILES string of the molecule is C(=NC1CCCCC1N=Cc1ccccn1)c1ccccn1.CC=[N-].CC=[N-].[CH3-].[CH3-].[Pt+2].[Pt+2]. The topological polar surface area (TPSA) is 95.1 Å². The molecule has 2 aromatic rings. The Morgan fingerprint density at radius 2 is 1.09 bits per heavy atom. The maximum absolute atomic E-state index is 7.44. The summed E-state index contributed by atoms with van der Waals surface area (Å²) in [5, 5.41) is 14.9. The molecule has 1 aliphatic rings. The van der Waals surface area contributed by atoms with Crippen molar-refractivity contribution in [2.75, 3.05) is 0 Å². The van der Waals surface area contributed by atoms with E-state index in [1.54, 1.807) is 26.2 Å². The normalized spacial score (nSPS) is 16.2. The van der Waals surface area contributed by atoms with Crippen molar-refractivity contribution in [3.63, 3.8) is 0 Å². The van der Waals surface area contributed by atoms with E-state index in [0.717, 1.165) is 36.7 Å². The fourth-order valence-electron chi connectivity index (χ4n) is 2.69. The van der Waals surface area contributed by atoms with Crippen molar-refractivity contribution < 1.29 is 42.1 Å². The van der Waals surface area contributed by atoms with Crippen LogP contribution in [0, 0.1) is 14.9 Å². The molecule has 0 spiro atoms. The predicted octanol–water partition coefficient (Wildman–Crippen LogP) is 5.51. The zero-order valence-electron chi connectivity index (χ0n) is 19.2. The third kappa shape index (κ3) is 17.0. The van der Waals surface area contributed by atoms with Crippen molar-refractivity contribution in [3.05, 3.63) is 85.9 Å². The third-order valence-corrected chi connectivity index (χ3v) is 3.87. The molecule has 1 saturated carbocycles. The molecule has 1 aliphatic carbocycles. The second-order valence-electron chi connectivity index (χ2n) is 6.00. The zero-order valence-corrected chi connectivity index (χ0v) is 23.8. The van der Waals surface area contributed by atoms with Gasteiger partial charge in [0.15, 0.2) is 0 Å². The number of hydrogen-bond acceptors (Lipinski definition) is 4. The number of hydrogen-bond donors (Lipinski definition) is 0. The van der Waals surface area contributed by atoms with Crippen LogP contribution in [0.5, 0.6) is 0 Å². The first-order valence-electron chi connectivity index (χ1n) is 9.47. The fraction of sp³-hybridized carbons (Fsp3) is 0.333. The van der Waals surface area contributed by atoms with Gasteiger partial charge in [-0.25, -0.2) is 12.4 Å². The molecule has 0 aliphatic heterocycles. The van der Waals surface area contributed by atoms with E-state index < -0.39 is 0 Å². The van der Waals surface area contributed by atoms with E-state index in [4.69, 9.17) is 20.8 Å². The summed E-state index contributed by atoms with van der Waals surface area (Å²) >= 11 is 0. The molecule has 0 N–H and O–H groups in total. The van der Waals surface area contributed by atoms with Crippen LogP contribution in [0.4, 0.5) is 0 Å². The number of nitrogens with zero attached hydrogens (tertiary/aromatic N) is 6. The first-order chi connectivity index (χ1) is 13.7. The molecule has 8 heteroatoms. The Bertz CT molecular complexity index is 660. The van der Waals surface area contributed by atoms with Crippen LogP contribution >= 0.6 is 0 Å². The van der Waals surface area contributed by atoms with Crippen LogP contribution in [-0.2, 0) is 42.1 Å². The molecule has 180 valence electrons. The van der Waals surface area contributed by atoms with E-state index in [2.05, 4.69) is 9.97 Å². The fourth-order valence-corrected chi connectivity index (χ4v) is 2.69. The van der Waals surface area contributed by atoms with Crippen molar-refractivity contribution in [1.82, 2.24) is 9.97 Å². The molecule has 6 nitrogen and oxygen atoms in total. The van der Waals surface area contributed by atoms with E-state index in [9.17, 15) is 0 Å². The van der Waals surface area contributed by atoms with E-state index in [0.29, 0.717) is 0 Å². The van der Waals surface area contributed by atoms with Gasteiger partial charge in [0, 0.05) is 24.8 Å². The Morgan fingerprint density at radius 1 is 0.750 bits per heavy atom. The van der Waals surface area contributed by atoms with Crippen LogP contribution in [-0.4, -0.2) is 46.9 Å². The van der Waals surface area contributed by atoms with Crippen molar-refractivity contribution in [2.24, 2.45) is 9.98 Å². The van der Waals surface area contributed by atoms with Gasteiger partial charge in [-0.3, -0.25) is 20.0 Å². The molecule has 0 radical (unpaired) electrons. The van der Waals surface area contributed by atoms with E-state index in [1.165, 1.54) is 12.8 Å². The van der Waals surface area contributed by atoms with Crippen LogP contribution in [0.1, 0.15) is 50.9 Å². The van der Waals surface area contributed by atoms with Crippen molar-refractivity contribution in [2.45, 2.75) is 51.6 Å². The summed E-state index contributed by atoms with van der Waals surface area (Å²) in [6.45, 7) is 3.11. The maximum Gasteiger partial charge on any atom is 2.00 e. The van der Waals surface area contributed by atoms with E-state index in [1.807, 2.05) is 48.8 Å². The standard InChI is InChI=1S/C18H20N4.2C2H4N.2CH3.2Pt/c1-2-10-18(22-14-16-8-4-6-12-20-16)17(9-1)21-13-15-7-3-5-11-19-15;2*1-2-3;;;;/h3-8,11-14,17-18H,1-2,9-10H2;2*2H,1H3;2*1H3;;/q;4*-1;2*+2. The molecule has 0 amide bonds. The van der Waals surface area contributed by atoms with Crippen LogP contribution in [0.2, 0.25) is 0 Å². The molecule has 0 aromatic carbocycles. The van der Waals surface area contributed by atoms with Crippen LogP contribution in [0.25, 0.3) is 10.8 Å². The van der Waals surface area contributed by atoms with Gasteiger partial charge >= 0.3 is 42.1 Å². The van der Waals surface area contributed by atoms with Crippen molar-refractivity contribution in [3.8, 4) is 0 Å². The second kappa shape index (κ2) is 25.6. The molecule has 32 heavy (non-hydrogen) atoms. The Balaban J connectivity index is -0.000000355. The minimum Gasteiger partial charge on any atom is -0.814 e. The molecule has 2 heterocycles. The number of aromatic nitrogens is 2. The quantitative estimate of drug-likeness (QED) is 0.302. The van der Waals surface area contributed by atoms with Gasteiger partial charge in [0.05, 0.1) is 23.5 Å². The molecule has 1 fully saturated rings. The van der Waals surface area contributed by atoms with Gasteiger partial charge in [0.2, 0.25) is 0 Å². The summed E-state index contributed by atoms with van der Waals surface area (Å²) in [4.78, 5) is 18.0. The zero-order chi connectivity index (χ0) is 20.5. The van der Waals surface area contributed by atoms with Gasteiger partial charge in [-0.15, -0.1) is 0 Å². The first kappa shape index (κ1) is 37.7. The number of rotatable bonds is 4. The van der Waals surface area contributed by atoms with Gasteiger partial charge in [0.25, 0.3) is 0 Å². The molecule has 3 rings (SSSR count). The summed E-state index contributed by atoms with van der Waals surface area (Å²) in [5.74, 6) is 0. The van der Waals surface area contributed by atoms with Gasteiger partial charge in [-0.1, -0.05) is 38.8 Å². The molecule has 2 aromatic heterocycles. The summed E-state index contributed by atoms with van der Waals surface area (Å²) in [7, 11) is 0. The van der Waals surface area contributed by atoms with Gasteiger partial charge in [-0.2, -0.15) is 0 Å². The number of aliphatic imine (C=N–C) groups is 2. The molecule has 0 bridgehead atoms. The molecular weight excluding hydrogens is 762 g/mol. The Labute approximate surface area is 223 Å². The van der Waals surface area contributed by atoms with Crippen LogP contribution < -0.4 is 0 Å². The van der Waals surface area contributed by atoms with E-state index >= 15 is 0 Å². The van der Waals surface area contributed by atoms with Gasteiger partial charge < -0.3 is 25.7 Å². The van der Waals surface area contributed by atoms with Gasteiger partial charge in [-0.05, 0) is 37.1 Å². The monoisotopic (exact) mass is 796 g/mol. The number of pyridine rings is 2. The van der Waals surface area contributed by atoms with Gasteiger partial charge in [0.1, 0.15) is 0 Å². The third-order valence-electron chi connectivity index (χ3n) is 3.87. The van der Waals surface area contributed by atoms with E-state index in [-0.39, 0.29) is 69.1 Å². The molecule has 0 saturated heterocycles. The summed E-state index contributed by atoms with van der Waals surface area (Å²) in [5.41, 5.74) is 1.81. The molecule has 2 atom stereocenters. The van der Waals surface area contributed by atoms with Crippen molar-refractivity contribution >= 4 is 24.9 Å². The summed E-state index contributed by atoms with van der Waals surface area (Å²) in [6.07, 6.45) is 14.0. The van der Waals surface area contributed by atoms with Crippen molar-refractivity contribution in [1.29, 1.82) is 0 Å². The average Bonchev–Trinajstić information content (AvgIpc) is 2.74. The Hall–Kier alpha value is -1.64. The summed E-state index contributed by atoms with van der Waals surface area (Å²) in [6, 6.07) is 12.2. The minimum absolute atomic E-state index is 0. The minimum atomic E-state index is 0. The Morgan fingerprint density at radius 3 is 1.38 bits per heavy atom. The maximum atomic E-state index is 7.44. The summed E-state index contributed by atoms with van der Waals surface area (Å²) < 4.78 is 0. The predicted molar refractivity (Wildman–Crippen MR) is 133 cm³/mol. The van der Waals surface area contributed by atoms with Crippen LogP contribution in [0.15, 0.2) is 58.8 Å². The average molecular weight is 797 g/mol.